The molecule has 1 aromatic carbocycles. The highest BCUT2D eigenvalue weighted by molar-refractivity contribution is 5.48. The largest absolute Gasteiger partial charge is 0.506 e. The third kappa shape index (κ3) is 1.61. The van der Waals surface area contributed by atoms with Gasteiger partial charge >= 0.3 is 0 Å². The molecule has 0 aliphatic rings. The van der Waals surface area contributed by atoms with Crippen LogP contribution in [0.2, 0.25) is 0 Å². The number of aliphatic hydroxyl groups excluding tert-OH is 1. The summed E-state index contributed by atoms with van der Waals surface area (Å²) >= 11 is 0. The molecule has 0 atom stereocenters. The fraction of sp³-hybridized carbons (Fsp3) is 0.182. The molecule has 2 N–H and O–H groups in total. The van der Waals surface area contributed by atoms with Crippen LogP contribution in [0, 0.1) is 0 Å². The van der Waals surface area contributed by atoms with Gasteiger partial charge in [-0.3, -0.25) is 0 Å². The molecule has 0 fully saturated rings. The predicted octanol–water partition coefficient (Wildman–Crippen LogP) is 1.08. The summed E-state index contributed by atoms with van der Waals surface area (Å²) in [6, 6.07) is 6.79. The van der Waals surface area contributed by atoms with Gasteiger partial charge in [-0.25, -0.2) is 0 Å². The van der Waals surface area contributed by atoms with Crippen molar-refractivity contribution in [2.75, 3.05) is 7.11 Å². The molecule has 16 heavy (non-hydrogen) atoms. The molecule has 2 rings (SSSR count). The van der Waals surface area contributed by atoms with Crippen molar-refractivity contribution in [3.63, 3.8) is 0 Å². The minimum Gasteiger partial charge on any atom is -0.506 e. The Kier molecular flexibility index (Phi) is 2.78. The van der Waals surface area contributed by atoms with Crippen molar-refractivity contribution < 1.29 is 14.9 Å². The first-order chi connectivity index (χ1) is 7.77. The third-order valence-corrected chi connectivity index (χ3v) is 2.27. The van der Waals surface area contributed by atoms with Crippen LogP contribution >= 0.6 is 0 Å². The first-order valence-electron chi connectivity index (χ1n) is 4.78. The number of benzene rings is 1. The van der Waals surface area contributed by atoms with E-state index >= 15 is 0 Å². The van der Waals surface area contributed by atoms with E-state index in [9.17, 15) is 5.11 Å². The lowest BCUT2D eigenvalue weighted by Crippen LogP contribution is -2.01. The summed E-state index contributed by atoms with van der Waals surface area (Å²) < 4.78 is 6.59. The van der Waals surface area contributed by atoms with Crippen LogP contribution in [0.5, 0.6) is 11.6 Å². The van der Waals surface area contributed by atoms with Crippen molar-refractivity contribution in [3.8, 4) is 17.3 Å². The molecule has 0 unspecified atom stereocenters. The normalized spacial score (nSPS) is 10.4. The lowest BCUT2D eigenvalue weighted by Gasteiger charge is -2.08. The van der Waals surface area contributed by atoms with Gasteiger partial charge in [0.25, 0.3) is 0 Å². The number of aromatic hydroxyl groups is 1. The van der Waals surface area contributed by atoms with Crippen LogP contribution in [-0.2, 0) is 6.61 Å². The average molecular weight is 220 g/mol. The van der Waals surface area contributed by atoms with E-state index < -0.39 is 0 Å². The number of hydrogen-bond donors (Lipinski definition) is 2. The number of rotatable bonds is 3. The van der Waals surface area contributed by atoms with E-state index in [0.717, 1.165) is 0 Å². The molecule has 2 aromatic rings. The molecular formula is C11H12N2O3. The Morgan fingerprint density at radius 1 is 1.38 bits per heavy atom. The molecule has 5 nitrogen and oxygen atoms in total. The minimum atomic E-state index is -0.156. The molecule has 0 aliphatic carbocycles. The van der Waals surface area contributed by atoms with Crippen molar-refractivity contribution in [1.82, 2.24) is 9.78 Å². The van der Waals surface area contributed by atoms with Crippen LogP contribution in [0.25, 0.3) is 5.69 Å². The molecule has 1 heterocycles. The quantitative estimate of drug-likeness (QED) is 0.812. The number of nitrogens with zero attached hydrogens (tertiary/aromatic N) is 2. The summed E-state index contributed by atoms with van der Waals surface area (Å²) in [5.74, 6) is 0.525. The van der Waals surface area contributed by atoms with Gasteiger partial charge in [-0.15, -0.1) is 0 Å². The van der Waals surface area contributed by atoms with Crippen molar-refractivity contribution >= 4 is 0 Å². The number of aromatic nitrogens is 2. The van der Waals surface area contributed by atoms with Gasteiger partial charge < -0.3 is 14.9 Å². The number of methoxy groups -OCH3 is 1. The Bertz CT molecular complexity index is 494. The highest BCUT2D eigenvalue weighted by Crippen LogP contribution is 2.27. The fourth-order valence-electron chi connectivity index (χ4n) is 1.51. The summed E-state index contributed by atoms with van der Waals surface area (Å²) in [4.78, 5) is 0. The van der Waals surface area contributed by atoms with Crippen molar-refractivity contribution in [2.24, 2.45) is 0 Å². The maximum absolute atomic E-state index is 9.69. The molecular weight excluding hydrogens is 208 g/mol. The zero-order chi connectivity index (χ0) is 11.5. The smallest absolute Gasteiger partial charge is 0.222 e. The molecule has 0 amide bonds. The van der Waals surface area contributed by atoms with Crippen LogP contribution in [0.1, 0.15) is 5.56 Å². The second-order valence-corrected chi connectivity index (χ2v) is 3.24. The Labute approximate surface area is 92.5 Å². The first kappa shape index (κ1) is 10.5. The Morgan fingerprint density at radius 3 is 2.75 bits per heavy atom. The lowest BCUT2D eigenvalue weighted by molar-refractivity contribution is 0.272. The minimum absolute atomic E-state index is 0.105. The van der Waals surface area contributed by atoms with E-state index in [4.69, 9.17) is 9.84 Å². The van der Waals surface area contributed by atoms with E-state index in [0.29, 0.717) is 17.1 Å². The molecule has 0 spiro atoms. The number of aliphatic hydroxyl groups is 1. The summed E-state index contributed by atoms with van der Waals surface area (Å²) in [5, 5.41) is 22.8. The van der Waals surface area contributed by atoms with E-state index in [1.54, 1.807) is 24.3 Å². The molecule has 1 aromatic heterocycles. The van der Waals surface area contributed by atoms with Gasteiger partial charge in [0.05, 0.1) is 25.5 Å². The van der Waals surface area contributed by atoms with Crippen molar-refractivity contribution in [2.45, 2.75) is 6.61 Å². The molecule has 0 radical (unpaired) electrons. The van der Waals surface area contributed by atoms with Crippen LogP contribution in [0.15, 0.2) is 30.5 Å². The van der Waals surface area contributed by atoms with Crippen molar-refractivity contribution in [1.29, 1.82) is 0 Å². The Balaban J connectivity index is 2.56. The summed E-state index contributed by atoms with van der Waals surface area (Å²) in [5.41, 5.74) is 1.09. The topological polar surface area (TPSA) is 67.5 Å². The zero-order valence-electron chi connectivity index (χ0n) is 8.79. The number of para-hydroxylation sites is 2. The maximum Gasteiger partial charge on any atom is 0.222 e. The fourth-order valence-corrected chi connectivity index (χ4v) is 1.51. The molecule has 0 saturated heterocycles. The second kappa shape index (κ2) is 4.24. The van der Waals surface area contributed by atoms with Gasteiger partial charge in [-0.05, 0) is 12.1 Å². The van der Waals surface area contributed by atoms with Crippen molar-refractivity contribution in [3.05, 3.63) is 36.0 Å². The van der Waals surface area contributed by atoms with Crippen LogP contribution < -0.4 is 4.74 Å². The zero-order valence-corrected chi connectivity index (χ0v) is 8.79. The second-order valence-electron chi connectivity index (χ2n) is 3.24. The SMILES string of the molecule is COc1c(CO)cnn1-c1ccccc1O. The van der Waals surface area contributed by atoms with Crippen LogP contribution in [-0.4, -0.2) is 27.1 Å². The Morgan fingerprint density at radius 2 is 2.12 bits per heavy atom. The molecule has 0 saturated carbocycles. The predicted molar refractivity (Wildman–Crippen MR) is 57.7 cm³/mol. The van der Waals surface area contributed by atoms with E-state index in [-0.39, 0.29) is 12.4 Å². The van der Waals surface area contributed by atoms with Gasteiger partial charge in [0, 0.05) is 0 Å². The van der Waals surface area contributed by atoms with Gasteiger partial charge in [0.1, 0.15) is 11.4 Å². The summed E-state index contributed by atoms with van der Waals surface area (Å²) in [6.45, 7) is -0.156. The third-order valence-electron chi connectivity index (χ3n) is 2.27. The van der Waals surface area contributed by atoms with Gasteiger partial charge in [0.2, 0.25) is 5.88 Å². The van der Waals surface area contributed by atoms with E-state index in [2.05, 4.69) is 5.10 Å². The summed E-state index contributed by atoms with van der Waals surface area (Å²) in [7, 11) is 1.49. The van der Waals surface area contributed by atoms with Gasteiger partial charge in [-0.1, -0.05) is 12.1 Å². The highest BCUT2D eigenvalue weighted by Gasteiger charge is 2.13. The molecule has 84 valence electrons. The van der Waals surface area contributed by atoms with E-state index in [1.165, 1.54) is 18.0 Å². The monoisotopic (exact) mass is 220 g/mol. The average Bonchev–Trinajstić information content (AvgIpc) is 2.72. The standard InChI is InChI=1S/C11H12N2O3/c1-16-11-8(7-14)6-12-13(11)9-4-2-3-5-10(9)15/h2-6,14-15H,7H2,1H3. The van der Waals surface area contributed by atoms with E-state index in [1.807, 2.05) is 0 Å². The number of ether oxygens (including phenoxy) is 1. The summed E-state index contributed by atoms with van der Waals surface area (Å²) in [6.07, 6.45) is 1.51. The van der Waals surface area contributed by atoms with Gasteiger partial charge in [0.15, 0.2) is 0 Å². The number of phenols is 1. The maximum atomic E-state index is 9.69. The van der Waals surface area contributed by atoms with Crippen LogP contribution in [0.4, 0.5) is 0 Å². The molecule has 5 heteroatoms. The first-order valence-corrected chi connectivity index (χ1v) is 4.78. The lowest BCUT2D eigenvalue weighted by atomic mass is 10.3. The highest BCUT2D eigenvalue weighted by atomic mass is 16.5. The Hall–Kier alpha value is -2.01. The molecule has 0 bridgehead atoms. The number of phenolic OH excluding ortho intramolecular Hbond substituents is 1. The van der Waals surface area contributed by atoms with Gasteiger partial charge in [-0.2, -0.15) is 9.78 Å². The molecule has 0 aliphatic heterocycles. The number of hydrogen-bond acceptors (Lipinski definition) is 4. The van der Waals surface area contributed by atoms with Crippen LogP contribution in [0.3, 0.4) is 0 Å².